The molecule has 0 radical (unpaired) electrons. The Kier molecular flexibility index (Phi) is 4.27. The topological polar surface area (TPSA) is 50.4 Å². The Labute approximate surface area is 128 Å². The first-order valence-electron chi connectivity index (χ1n) is 7.67. The van der Waals surface area contributed by atoms with Crippen molar-refractivity contribution < 1.29 is 13.9 Å². The molecule has 1 saturated carbocycles. The highest BCUT2D eigenvalue weighted by Crippen LogP contribution is 2.42. The number of hydrogen-bond acceptors (Lipinski definition) is 3. The van der Waals surface area contributed by atoms with Gasteiger partial charge in [-0.25, -0.2) is 4.79 Å². The van der Waals surface area contributed by atoms with Gasteiger partial charge in [0.1, 0.15) is 11.5 Å². The van der Waals surface area contributed by atoms with E-state index in [1.807, 2.05) is 18.2 Å². The molecule has 116 valence electrons. The van der Waals surface area contributed by atoms with Gasteiger partial charge in [0.15, 0.2) is 0 Å². The van der Waals surface area contributed by atoms with Gasteiger partial charge in [0.05, 0.1) is 12.2 Å². The van der Waals surface area contributed by atoms with Crippen LogP contribution in [0.5, 0.6) is 5.75 Å². The minimum Gasteiger partial charge on any atom is -0.507 e. The second-order valence-corrected chi connectivity index (χ2v) is 5.81. The molecule has 1 aromatic heterocycles. The SMILES string of the molecule is O=c1oc(CCCF)cc(O)c1Cc1ccccc1C1CC1. The van der Waals surface area contributed by atoms with E-state index in [1.165, 1.54) is 24.5 Å². The maximum Gasteiger partial charge on any atom is 0.343 e. The van der Waals surface area contributed by atoms with Gasteiger partial charge < -0.3 is 9.52 Å². The minimum absolute atomic E-state index is 0.0595. The Bertz CT molecular complexity index is 717. The second-order valence-electron chi connectivity index (χ2n) is 5.81. The van der Waals surface area contributed by atoms with Crippen molar-refractivity contribution in [2.45, 2.75) is 38.0 Å². The van der Waals surface area contributed by atoms with Gasteiger partial charge >= 0.3 is 5.63 Å². The summed E-state index contributed by atoms with van der Waals surface area (Å²) in [6, 6.07) is 9.45. The largest absolute Gasteiger partial charge is 0.507 e. The summed E-state index contributed by atoms with van der Waals surface area (Å²) < 4.78 is 17.4. The lowest BCUT2D eigenvalue weighted by molar-refractivity contribution is 0.398. The van der Waals surface area contributed by atoms with Gasteiger partial charge in [-0.2, -0.15) is 0 Å². The van der Waals surface area contributed by atoms with Crippen LogP contribution in [0.4, 0.5) is 4.39 Å². The van der Waals surface area contributed by atoms with E-state index in [0.717, 1.165) is 5.56 Å². The summed E-state index contributed by atoms with van der Waals surface area (Å²) in [6.07, 6.45) is 3.33. The maximum absolute atomic E-state index is 12.2. The van der Waals surface area contributed by atoms with Crippen molar-refractivity contribution in [2.75, 3.05) is 6.67 Å². The molecule has 0 spiro atoms. The highest BCUT2D eigenvalue weighted by molar-refractivity contribution is 5.40. The molecule has 0 aliphatic heterocycles. The first-order valence-corrected chi connectivity index (χ1v) is 7.67. The van der Waals surface area contributed by atoms with Gasteiger partial charge in [-0.15, -0.1) is 0 Å². The number of benzene rings is 1. The van der Waals surface area contributed by atoms with Gasteiger partial charge in [-0.1, -0.05) is 24.3 Å². The molecule has 0 unspecified atom stereocenters. The summed E-state index contributed by atoms with van der Waals surface area (Å²) in [6.45, 7) is -0.471. The molecule has 0 saturated heterocycles. The lowest BCUT2D eigenvalue weighted by atomic mass is 9.97. The highest BCUT2D eigenvalue weighted by Gasteiger charge is 2.26. The van der Waals surface area contributed by atoms with Crippen molar-refractivity contribution in [1.29, 1.82) is 0 Å². The van der Waals surface area contributed by atoms with Crippen LogP contribution in [-0.2, 0) is 12.8 Å². The molecule has 4 heteroatoms. The van der Waals surface area contributed by atoms with Crippen molar-refractivity contribution >= 4 is 0 Å². The average molecular weight is 302 g/mol. The second kappa shape index (κ2) is 6.34. The summed E-state index contributed by atoms with van der Waals surface area (Å²) in [5.41, 5.74) is 2.06. The molecule has 1 aliphatic rings. The summed E-state index contributed by atoms with van der Waals surface area (Å²) >= 11 is 0. The molecular formula is C18H19FO3. The number of alkyl halides is 1. The van der Waals surface area contributed by atoms with Crippen LogP contribution < -0.4 is 5.63 Å². The van der Waals surface area contributed by atoms with Crippen molar-refractivity contribution in [1.82, 2.24) is 0 Å². The maximum atomic E-state index is 12.2. The summed E-state index contributed by atoms with van der Waals surface area (Å²) in [4.78, 5) is 12.1. The Hall–Kier alpha value is -2.10. The predicted octanol–water partition coefficient (Wildman–Crippen LogP) is 3.72. The van der Waals surface area contributed by atoms with E-state index in [1.54, 1.807) is 0 Å². The van der Waals surface area contributed by atoms with Crippen LogP contribution in [0.25, 0.3) is 0 Å². The fourth-order valence-corrected chi connectivity index (χ4v) is 2.76. The number of hydrogen-bond donors (Lipinski definition) is 1. The average Bonchev–Trinajstić information content (AvgIpc) is 3.34. The molecule has 3 rings (SSSR count). The molecular weight excluding hydrogens is 283 g/mol. The van der Waals surface area contributed by atoms with Crippen LogP contribution in [0, 0.1) is 0 Å². The van der Waals surface area contributed by atoms with Crippen LogP contribution in [0.2, 0.25) is 0 Å². The Balaban J connectivity index is 1.88. The molecule has 2 aromatic rings. The van der Waals surface area contributed by atoms with Crippen LogP contribution in [-0.4, -0.2) is 11.8 Å². The summed E-state index contributed by atoms with van der Waals surface area (Å²) in [5, 5.41) is 10.1. The number of aromatic hydroxyl groups is 1. The third-order valence-electron chi connectivity index (χ3n) is 4.07. The molecule has 1 aliphatic carbocycles. The molecule has 1 aromatic carbocycles. The fraction of sp³-hybridized carbons (Fsp3) is 0.389. The Morgan fingerprint density at radius 1 is 1.27 bits per heavy atom. The van der Waals surface area contributed by atoms with Crippen molar-refractivity contribution in [3.8, 4) is 5.75 Å². The molecule has 0 atom stereocenters. The van der Waals surface area contributed by atoms with Gasteiger partial charge in [-0.05, 0) is 36.3 Å². The molecule has 0 amide bonds. The highest BCUT2D eigenvalue weighted by atomic mass is 19.1. The zero-order chi connectivity index (χ0) is 15.5. The predicted molar refractivity (Wildman–Crippen MR) is 82.2 cm³/mol. The number of halogens is 1. The quantitative estimate of drug-likeness (QED) is 0.885. The Morgan fingerprint density at radius 2 is 2.05 bits per heavy atom. The van der Waals surface area contributed by atoms with Crippen molar-refractivity contribution in [2.24, 2.45) is 0 Å². The van der Waals surface area contributed by atoms with Gasteiger partial charge in [0, 0.05) is 18.9 Å². The van der Waals surface area contributed by atoms with Crippen molar-refractivity contribution in [3.05, 3.63) is 63.2 Å². The zero-order valence-corrected chi connectivity index (χ0v) is 12.3. The van der Waals surface area contributed by atoms with Crippen LogP contribution in [0.15, 0.2) is 39.5 Å². The molecule has 3 nitrogen and oxygen atoms in total. The number of aryl methyl sites for hydroxylation is 1. The normalized spacial score (nSPS) is 14.2. The van der Waals surface area contributed by atoms with Crippen LogP contribution in [0.1, 0.15) is 47.6 Å². The third-order valence-corrected chi connectivity index (χ3v) is 4.07. The fourth-order valence-electron chi connectivity index (χ4n) is 2.76. The summed E-state index contributed by atoms with van der Waals surface area (Å²) in [7, 11) is 0. The zero-order valence-electron chi connectivity index (χ0n) is 12.3. The first-order chi connectivity index (χ1) is 10.7. The van der Waals surface area contributed by atoms with Gasteiger partial charge in [0.25, 0.3) is 0 Å². The lowest BCUT2D eigenvalue weighted by Crippen LogP contribution is -2.11. The molecule has 1 N–H and O–H groups in total. The van der Waals surface area contributed by atoms with Gasteiger partial charge in [-0.3, -0.25) is 4.39 Å². The van der Waals surface area contributed by atoms with E-state index in [4.69, 9.17) is 4.42 Å². The van der Waals surface area contributed by atoms with E-state index in [2.05, 4.69) is 6.07 Å². The molecule has 1 heterocycles. The third kappa shape index (κ3) is 3.21. The first kappa shape index (κ1) is 14.8. The van der Waals surface area contributed by atoms with Crippen molar-refractivity contribution in [3.63, 3.8) is 0 Å². The molecule has 22 heavy (non-hydrogen) atoms. The van der Waals surface area contributed by atoms with E-state index in [0.29, 0.717) is 24.5 Å². The number of rotatable bonds is 6. The standard InChI is InChI=1S/C18H19FO3/c19-9-3-5-14-11-17(20)16(18(21)22-14)10-13-4-1-2-6-15(13)12-7-8-12/h1-2,4,6,11-12,20H,3,5,7-10H2. The van der Waals surface area contributed by atoms with E-state index >= 15 is 0 Å². The molecule has 0 bridgehead atoms. The smallest absolute Gasteiger partial charge is 0.343 e. The Morgan fingerprint density at radius 3 is 2.73 bits per heavy atom. The summed E-state index contributed by atoms with van der Waals surface area (Å²) in [5.74, 6) is 0.851. The van der Waals surface area contributed by atoms with E-state index in [9.17, 15) is 14.3 Å². The monoisotopic (exact) mass is 302 g/mol. The van der Waals surface area contributed by atoms with Crippen LogP contribution in [0.3, 0.4) is 0 Å². The molecule has 1 fully saturated rings. The van der Waals surface area contributed by atoms with Crippen LogP contribution >= 0.6 is 0 Å². The van der Waals surface area contributed by atoms with E-state index < -0.39 is 12.3 Å². The lowest BCUT2D eigenvalue weighted by Gasteiger charge is -2.09. The van der Waals surface area contributed by atoms with Gasteiger partial charge in [0.2, 0.25) is 0 Å². The van der Waals surface area contributed by atoms with E-state index in [-0.39, 0.29) is 17.7 Å². The minimum atomic E-state index is -0.528.